The predicted molar refractivity (Wildman–Crippen MR) is 84.3 cm³/mol. The van der Waals surface area contributed by atoms with Gasteiger partial charge in [-0.25, -0.2) is 4.98 Å². The Bertz CT molecular complexity index is 715. The number of amides is 1. The standard InChI is InChI=1S/C17H22N4O/c1-11-10-14(11)17(22)21-8-5-12(6-9-21)15-13-4-3-7-18-16(13)20(2)19-15/h3-4,7,11-12,14H,5-6,8-10H2,1-2H3. The van der Waals surface area contributed by atoms with E-state index in [2.05, 4.69) is 22.9 Å². The molecule has 2 aliphatic rings. The van der Waals surface area contributed by atoms with Gasteiger partial charge >= 0.3 is 0 Å². The van der Waals surface area contributed by atoms with E-state index in [0.29, 0.717) is 23.7 Å². The van der Waals surface area contributed by atoms with Gasteiger partial charge in [0.25, 0.3) is 0 Å². The molecule has 2 aromatic heterocycles. The van der Waals surface area contributed by atoms with Crippen molar-refractivity contribution in [3.63, 3.8) is 0 Å². The number of rotatable bonds is 2. The molecule has 4 rings (SSSR count). The van der Waals surface area contributed by atoms with Crippen molar-refractivity contribution >= 4 is 16.9 Å². The molecule has 5 nitrogen and oxygen atoms in total. The number of pyridine rings is 1. The van der Waals surface area contributed by atoms with Crippen molar-refractivity contribution in [2.75, 3.05) is 13.1 Å². The molecule has 2 aromatic rings. The highest BCUT2D eigenvalue weighted by molar-refractivity contribution is 5.82. The van der Waals surface area contributed by atoms with Crippen molar-refractivity contribution in [1.29, 1.82) is 0 Å². The summed E-state index contributed by atoms with van der Waals surface area (Å²) in [6.07, 6.45) is 4.91. The van der Waals surface area contributed by atoms with Crippen LogP contribution >= 0.6 is 0 Å². The van der Waals surface area contributed by atoms with Crippen molar-refractivity contribution in [1.82, 2.24) is 19.7 Å². The minimum atomic E-state index is 0.302. The zero-order valence-electron chi connectivity index (χ0n) is 13.2. The van der Waals surface area contributed by atoms with Crippen molar-refractivity contribution in [3.05, 3.63) is 24.0 Å². The molecular formula is C17H22N4O. The summed E-state index contributed by atoms with van der Waals surface area (Å²) in [6.45, 7) is 3.90. The van der Waals surface area contributed by atoms with Gasteiger partial charge in [0.2, 0.25) is 5.91 Å². The molecule has 116 valence electrons. The molecule has 1 amide bonds. The Morgan fingerprint density at radius 2 is 2.05 bits per heavy atom. The fourth-order valence-corrected chi connectivity index (χ4v) is 3.69. The number of likely N-dealkylation sites (tertiary alicyclic amines) is 1. The molecule has 0 spiro atoms. The summed E-state index contributed by atoms with van der Waals surface area (Å²) in [6, 6.07) is 4.08. The van der Waals surface area contributed by atoms with Gasteiger partial charge in [-0.15, -0.1) is 0 Å². The van der Waals surface area contributed by atoms with Crippen LogP contribution in [0.3, 0.4) is 0 Å². The number of aryl methyl sites for hydroxylation is 1. The van der Waals surface area contributed by atoms with Crippen molar-refractivity contribution in [2.45, 2.75) is 32.1 Å². The van der Waals surface area contributed by atoms with Gasteiger partial charge in [0, 0.05) is 43.6 Å². The number of piperidine rings is 1. The molecule has 0 N–H and O–H groups in total. The largest absolute Gasteiger partial charge is 0.342 e. The molecule has 1 aliphatic heterocycles. The fraction of sp³-hybridized carbons (Fsp3) is 0.588. The van der Waals surface area contributed by atoms with E-state index in [9.17, 15) is 4.79 Å². The Morgan fingerprint density at radius 3 is 2.73 bits per heavy atom. The number of carbonyl (C=O) groups excluding carboxylic acids is 1. The molecule has 2 unspecified atom stereocenters. The molecule has 2 atom stereocenters. The Labute approximate surface area is 130 Å². The molecule has 1 saturated heterocycles. The summed E-state index contributed by atoms with van der Waals surface area (Å²) >= 11 is 0. The van der Waals surface area contributed by atoms with Crippen LogP contribution in [0.25, 0.3) is 11.0 Å². The Kier molecular flexibility index (Phi) is 3.17. The first-order valence-electron chi connectivity index (χ1n) is 8.21. The van der Waals surface area contributed by atoms with Crippen LogP contribution in [0, 0.1) is 11.8 Å². The van der Waals surface area contributed by atoms with Gasteiger partial charge in [0.1, 0.15) is 0 Å². The van der Waals surface area contributed by atoms with E-state index in [0.717, 1.165) is 49.1 Å². The van der Waals surface area contributed by atoms with Crippen LogP contribution in [0.15, 0.2) is 18.3 Å². The van der Waals surface area contributed by atoms with E-state index in [1.807, 2.05) is 24.0 Å². The summed E-state index contributed by atoms with van der Waals surface area (Å²) in [4.78, 5) is 18.8. The number of hydrogen-bond acceptors (Lipinski definition) is 3. The average molecular weight is 298 g/mol. The first-order chi connectivity index (χ1) is 10.6. The Hall–Kier alpha value is -1.91. The molecule has 2 fully saturated rings. The second-order valence-electron chi connectivity index (χ2n) is 6.80. The molecule has 0 radical (unpaired) electrons. The van der Waals surface area contributed by atoms with Crippen LogP contribution in [0.4, 0.5) is 0 Å². The first-order valence-corrected chi connectivity index (χ1v) is 8.21. The van der Waals surface area contributed by atoms with Gasteiger partial charge in [0.05, 0.1) is 5.69 Å². The lowest BCUT2D eigenvalue weighted by atomic mass is 9.92. The van der Waals surface area contributed by atoms with E-state index in [-0.39, 0.29) is 0 Å². The van der Waals surface area contributed by atoms with Gasteiger partial charge in [-0.2, -0.15) is 5.10 Å². The highest BCUT2D eigenvalue weighted by Gasteiger charge is 2.42. The third kappa shape index (κ3) is 2.19. The number of fused-ring (bicyclic) bond motifs is 1. The predicted octanol–water partition coefficient (Wildman–Crippen LogP) is 2.33. The van der Waals surface area contributed by atoms with Gasteiger partial charge in [-0.05, 0) is 37.3 Å². The van der Waals surface area contributed by atoms with Crippen molar-refractivity contribution < 1.29 is 4.79 Å². The molecular weight excluding hydrogens is 276 g/mol. The molecule has 3 heterocycles. The van der Waals surface area contributed by atoms with Gasteiger partial charge in [-0.3, -0.25) is 9.48 Å². The summed E-state index contributed by atoms with van der Waals surface area (Å²) in [5.41, 5.74) is 2.10. The maximum atomic E-state index is 12.3. The number of carbonyl (C=O) groups is 1. The van der Waals surface area contributed by atoms with Crippen LogP contribution in [-0.2, 0) is 11.8 Å². The minimum Gasteiger partial charge on any atom is -0.342 e. The summed E-state index contributed by atoms with van der Waals surface area (Å²) in [5.74, 6) is 1.71. The Morgan fingerprint density at radius 1 is 1.32 bits per heavy atom. The van der Waals surface area contributed by atoms with Crippen LogP contribution in [-0.4, -0.2) is 38.7 Å². The van der Waals surface area contributed by atoms with Gasteiger partial charge in [0.15, 0.2) is 5.65 Å². The topological polar surface area (TPSA) is 51.0 Å². The quantitative estimate of drug-likeness (QED) is 0.855. The van der Waals surface area contributed by atoms with Crippen LogP contribution in [0.2, 0.25) is 0 Å². The summed E-state index contributed by atoms with van der Waals surface area (Å²) in [5, 5.41) is 5.85. The second-order valence-corrected chi connectivity index (χ2v) is 6.80. The maximum Gasteiger partial charge on any atom is 0.225 e. The normalized spacial score (nSPS) is 25.6. The lowest BCUT2D eigenvalue weighted by Gasteiger charge is -2.31. The molecule has 0 aromatic carbocycles. The highest BCUT2D eigenvalue weighted by atomic mass is 16.2. The van der Waals surface area contributed by atoms with E-state index in [1.54, 1.807) is 0 Å². The second kappa shape index (κ2) is 5.07. The molecule has 5 heteroatoms. The molecule has 1 aliphatic carbocycles. The highest BCUT2D eigenvalue weighted by Crippen LogP contribution is 2.40. The van der Waals surface area contributed by atoms with E-state index in [4.69, 9.17) is 5.10 Å². The number of nitrogens with zero attached hydrogens (tertiary/aromatic N) is 4. The maximum absolute atomic E-state index is 12.3. The third-order valence-corrected chi connectivity index (χ3v) is 5.25. The van der Waals surface area contributed by atoms with E-state index >= 15 is 0 Å². The summed E-state index contributed by atoms with van der Waals surface area (Å²) in [7, 11) is 1.95. The van der Waals surface area contributed by atoms with Crippen LogP contribution < -0.4 is 0 Å². The first kappa shape index (κ1) is 13.7. The summed E-state index contributed by atoms with van der Waals surface area (Å²) < 4.78 is 1.87. The minimum absolute atomic E-state index is 0.302. The zero-order valence-corrected chi connectivity index (χ0v) is 13.2. The van der Waals surface area contributed by atoms with E-state index in [1.165, 1.54) is 0 Å². The molecule has 22 heavy (non-hydrogen) atoms. The number of aromatic nitrogens is 3. The van der Waals surface area contributed by atoms with Gasteiger partial charge in [-0.1, -0.05) is 6.92 Å². The van der Waals surface area contributed by atoms with E-state index < -0.39 is 0 Å². The van der Waals surface area contributed by atoms with Crippen molar-refractivity contribution in [3.8, 4) is 0 Å². The van der Waals surface area contributed by atoms with Crippen molar-refractivity contribution in [2.24, 2.45) is 18.9 Å². The lowest BCUT2D eigenvalue weighted by molar-refractivity contribution is -0.133. The van der Waals surface area contributed by atoms with Crippen LogP contribution in [0.5, 0.6) is 0 Å². The smallest absolute Gasteiger partial charge is 0.225 e. The number of hydrogen-bond donors (Lipinski definition) is 0. The molecule has 1 saturated carbocycles. The SMILES string of the molecule is CC1CC1C(=O)N1CCC(c2nn(C)c3ncccc23)CC1. The fourth-order valence-electron chi connectivity index (χ4n) is 3.69. The molecule has 0 bridgehead atoms. The third-order valence-electron chi connectivity index (χ3n) is 5.25. The Balaban J connectivity index is 1.50. The lowest BCUT2D eigenvalue weighted by Crippen LogP contribution is -2.39. The van der Waals surface area contributed by atoms with Gasteiger partial charge < -0.3 is 4.90 Å². The zero-order chi connectivity index (χ0) is 15.3. The monoisotopic (exact) mass is 298 g/mol. The van der Waals surface area contributed by atoms with Crippen LogP contribution in [0.1, 0.15) is 37.8 Å². The average Bonchev–Trinajstić information content (AvgIpc) is 3.19.